The lowest BCUT2D eigenvalue weighted by molar-refractivity contribution is 0.421. The molecule has 0 saturated heterocycles. The van der Waals surface area contributed by atoms with Gasteiger partial charge in [-0.1, -0.05) is 12.1 Å². The first kappa shape index (κ1) is 9.51. The molecule has 5 heteroatoms. The number of rotatable bonds is 2. The standard InChI is InChI=1S/C10H8FNO3/c11-8-3-1-7(2-4-8)5-12-9(13)6-15-10(12)14/h1-4,6,13H,5H2. The maximum Gasteiger partial charge on any atom is 0.422 e. The number of hydrogen-bond acceptors (Lipinski definition) is 3. The molecule has 0 amide bonds. The molecule has 1 aromatic carbocycles. The van der Waals surface area contributed by atoms with E-state index in [-0.39, 0.29) is 18.2 Å². The summed E-state index contributed by atoms with van der Waals surface area (Å²) >= 11 is 0. The zero-order valence-corrected chi connectivity index (χ0v) is 7.68. The minimum atomic E-state index is -0.642. The third-order valence-corrected chi connectivity index (χ3v) is 2.02. The van der Waals surface area contributed by atoms with Gasteiger partial charge < -0.3 is 9.52 Å². The predicted octanol–water partition coefficient (Wildman–Crippen LogP) is 1.33. The van der Waals surface area contributed by atoms with Crippen LogP contribution in [0.4, 0.5) is 4.39 Å². The molecular weight excluding hydrogens is 201 g/mol. The van der Waals surface area contributed by atoms with Crippen molar-refractivity contribution in [2.45, 2.75) is 6.54 Å². The molecule has 1 N–H and O–H groups in total. The molecule has 0 atom stereocenters. The third kappa shape index (κ3) is 1.90. The first-order valence-electron chi connectivity index (χ1n) is 4.28. The smallest absolute Gasteiger partial charge is 0.422 e. The van der Waals surface area contributed by atoms with Crippen LogP contribution in [0.3, 0.4) is 0 Å². The SMILES string of the molecule is O=c1occ(O)n1Cc1ccc(F)cc1. The van der Waals surface area contributed by atoms with Crippen LogP contribution in [0.25, 0.3) is 0 Å². The average molecular weight is 209 g/mol. The minimum absolute atomic E-state index is 0.154. The second kappa shape index (κ2) is 3.61. The van der Waals surface area contributed by atoms with E-state index in [1.807, 2.05) is 0 Å². The molecule has 2 rings (SSSR count). The number of benzene rings is 1. The van der Waals surface area contributed by atoms with Gasteiger partial charge >= 0.3 is 5.76 Å². The maximum atomic E-state index is 12.6. The summed E-state index contributed by atoms with van der Waals surface area (Å²) in [6.45, 7) is 0.154. The van der Waals surface area contributed by atoms with E-state index in [0.717, 1.165) is 10.8 Å². The molecule has 0 unspecified atom stereocenters. The van der Waals surface area contributed by atoms with E-state index in [9.17, 15) is 14.3 Å². The molecule has 1 heterocycles. The highest BCUT2D eigenvalue weighted by Crippen LogP contribution is 2.09. The third-order valence-electron chi connectivity index (χ3n) is 2.02. The van der Waals surface area contributed by atoms with Crippen molar-refractivity contribution in [1.29, 1.82) is 0 Å². The summed E-state index contributed by atoms with van der Waals surface area (Å²) in [6, 6.07) is 5.65. The summed E-state index contributed by atoms with van der Waals surface area (Å²) in [5.41, 5.74) is 0.704. The molecule has 0 aliphatic carbocycles. The summed E-state index contributed by atoms with van der Waals surface area (Å²) in [4.78, 5) is 11.1. The highest BCUT2D eigenvalue weighted by Gasteiger charge is 2.06. The molecule has 0 aliphatic heterocycles. The van der Waals surface area contributed by atoms with Crippen LogP contribution >= 0.6 is 0 Å². The first-order valence-corrected chi connectivity index (χ1v) is 4.28. The van der Waals surface area contributed by atoms with Gasteiger partial charge in [0.1, 0.15) is 5.82 Å². The van der Waals surface area contributed by atoms with Gasteiger partial charge in [0.05, 0.1) is 6.54 Å². The molecule has 0 aliphatic rings. The lowest BCUT2D eigenvalue weighted by Crippen LogP contribution is -2.14. The average Bonchev–Trinajstić information content (AvgIpc) is 2.53. The van der Waals surface area contributed by atoms with Crippen molar-refractivity contribution in [3.8, 4) is 5.88 Å². The predicted molar refractivity (Wildman–Crippen MR) is 50.1 cm³/mol. The zero-order valence-electron chi connectivity index (χ0n) is 7.68. The summed E-state index contributed by atoms with van der Waals surface area (Å²) in [7, 11) is 0. The van der Waals surface area contributed by atoms with E-state index in [0.29, 0.717) is 5.56 Å². The van der Waals surface area contributed by atoms with Gasteiger partial charge in [0, 0.05) is 0 Å². The fourth-order valence-electron chi connectivity index (χ4n) is 1.24. The number of halogens is 1. The van der Waals surface area contributed by atoms with Gasteiger partial charge in [0.15, 0.2) is 6.26 Å². The van der Waals surface area contributed by atoms with Crippen LogP contribution in [-0.2, 0) is 6.54 Å². The Bertz CT molecular complexity index is 512. The van der Waals surface area contributed by atoms with Crippen molar-refractivity contribution in [2.24, 2.45) is 0 Å². The lowest BCUT2D eigenvalue weighted by Gasteiger charge is -2.01. The Morgan fingerprint density at radius 3 is 2.53 bits per heavy atom. The van der Waals surface area contributed by atoms with Crippen molar-refractivity contribution >= 4 is 0 Å². The lowest BCUT2D eigenvalue weighted by atomic mass is 10.2. The number of oxazole rings is 1. The Morgan fingerprint density at radius 2 is 2.00 bits per heavy atom. The van der Waals surface area contributed by atoms with Crippen LogP contribution in [0.15, 0.2) is 39.7 Å². The van der Waals surface area contributed by atoms with Crippen LogP contribution in [0.5, 0.6) is 5.88 Å². The maximum absolute atomic E-state index is 12.6. The summed E-state index contributed by atoms with van der Waals surface area (Å²) in [5, 5.41) is 9.24. The van der Waals surface area contributed by atoms with E-state index in [1.165, 1.54) is 24.3 Å². The van der Waals surface area contributed by atoms with Gasteiger partial charge in [-0.05, 0) is 17.7 Å². The molecule has 0 bridgehead atoms. The molecule has 78 valence electrons. The van der Waals surface area contributed by atoms with Crippen LogP contribution in [0.1, 0.15) is 5.56 Å². The Hall–Kier alpha value is -2.04. The van der Waals surface area contributed by atoms with E-state index < -0.39 is 5.76 Å². The van der Waals surface area contributed by atoms with Gasteiger partial charge in [-0.2, -0.15) is 0 Å². The molecule has 0 saturated carbocycles. The molecule has 0 radical (unpaired) electrons. The molecule has 2 aromatic rings. The number of aromatic nitrogens is 1. The Kier molecular flexibility index (Phi) is 2.29. The van der Waals surface area contributed by atoms with Crippen molar-refractivity contribution in [2.75, 3.05) is 0 Å². The second-order valence-electron chi connectivity index (χ2n) is 3.07. The minimum Gasteiger partial charge on any atom is -0.492 e. The normalized spacial score (nSPS) is 10.5. The highest BCUT2D eigenvalue weighted by atomic mass is 19.1. The molecule has 0 fully saturated rings. The quantitative estimate of drug-likeness (QED) is 0.811. The Morgan fingerprint density at radius 1 is 1.33 bits per heavy atom. The van der Waals surface area contributed by atoms with Crippen LogP contribution in [-0.4, -0.2) is 9.67 Å². The molecular formula is C10H8FNO3. The number of hydrogen-bond donors (Lipinski definition) is 1. The van der Waals surface area contributed by atoms with Crippen molar-refractivity contribution in [3.63, 3.8) is 0 Å². The topological polar surface area (TPSA) is 55.4 Å². The zero-order chi connectivity index (χ0) is 10.8. The fourth-order valence-corrected chi connectivity index (χ4v) is 1.24. The monoisotopic (exact) mass is 209 g/mol. The van der Waals surface area contributed by atoms with Crippen molar-refractivity contribution < 1.29 is 13.9 Å². The van der Waals surface area contributed by atoms with E-state index in [2.05, 4.69) is 4.42 Å². The van der Waals surface area contributed by atoms with Gasteiger partial charge in [-0.15, -0.1) is 0 Å². The largest absolute Gasteiger partial charge is 0.492 e. The summed E-state index contributed by atoms with van der Waals surface area (Å²) in [5.74, 6) is -1.23. The molecule has 1 aromatic heterocycles. The Labute approximate surface area is 84.2 Å². The van der Waals surface area contributed by atoms with Crippen LogP contribution in [0.2, 0.25) is 0 Å². The van der Waals surface area contributed by atoms with E-state index in [1.54, 1.807) is 0 Å². The fraction of sp³-hybridized carbons (Fsp3) is 0.100. The summed E-state index contributed by atoms with van der Waals surface area (Å²) < 4.78 is 18.1. The molecule has 0 spiro atoms. The van der Waals surface area contributed by atoms with Crippen molar-refractivity contribution in [1.82, 2.24) is 4.57 Å². The van der Waals surface area contributed by atoms with Gasteiger partial charge in [-0.25, -0.2) is 13.8 Å². The van der Waals surface area contributed by atoms with Gasteiger partial charge in [-0.3, -0.25) is 0 Å². The highest BCUT2D eigenvalue weighted by molar-refractivity contribution is 5.17. The first-order chi connectivity index (χ1) is 7.16. The summed E-state index contributed by atoms with van der Waals surface area (Å²) in [6.07, 6.45) is 0.964. The molecule has 15 heavy (non-hydrogen) atoms. The second-order valence-corrected chi connectivity index (χ2v) is 3.07. The Balaban J connectivity index is 2.29. The van der Waals surface area contributed by atoms with Gasteiger partial charge in [0.2, 0.25) is 5.88 Å². The van der Waals surface area contributed by atoms with Crippen molar-refractivity contribution in [3.05, 3.63) is 52.5 Å². The van der Waals surface area contributed by atoms with E-state index in [4.69, 9.17) is 0 Å². The number of nitrogens with zero attached hydrogens (tertiary/aromatic N) is 1. The van der Waals surface area contributed by atoms with Crippen LogP contribution < -0.4 is 5.76 Å². The van der Waals surface area contributed by atoms with Crippen LogP contribution in [0, 0.1) is 5.82 Å². The van der Waals surface area contributed by atoms with E-state index >= 15 is 0 Å². The molecule has 4 nitrogen and oxygen atoms in total. The number of aromatic hydroxyl groups is 1. The van der Waals surface area contributed by atoms with Gasteiger partial charge in [0.25, 0.3) is 0 Å².